The first-order chi connectivity index (χ1) is 9.81. The van der Waals surface area contributed by atoms with Crippen LogP contribution in [0.3, 0.4) is 0 Å². The summed E-state index contributed by atoms with van der Waals surface area (Å²) in [5.74, 6) is 1.18. The monoisotopic (exact) mass is 370 g/mol. The first-order valence-corrected chi connectivity index (χ1v) is 9.98. The predicted octanol–water partition coefficient (Wildman–Crippen LogP) is 5.27. The van der Waals surface area contributed by atoms with Gasteiger partial charge in [-0.15, -0.1) is 0 Å². The molecule has 0 amide bonds. The van der Waals surface area contributed by atoms with Gasteiger partial charge >= 0.3 is 0 Å². The van der Waals surface area contributed by atoms with Crippen LogP contribution in [-0.4, -0.2) is 14.5 Å². The van der Waals surface area contributed by atoms with Crippen molar-refractivity contribution in [2.24, 2.45) is 5.92 Å². The van der Waals surface area contributed by atoms with Crippen LogP contribution in [0.4, 0.5) is 0 Å². The third kappa shape index (κ3) is 4.41. The van der Waals surface area contributed by atoms with Crippen LogP contribution in [0.15, 0.2) is 17.0 Å². The van der Waals surface area contributed by atoms with Gasteiger partial charge in [-0.05, 0) is 37.7 Å². The van der Waals surface area contributed by atoms with E-state index in [1.807, 2.05) is 0 Å². The van der Waals surface area contributed by atoms with Crippen LogP contribution < -0.4 is 4.74 Å². The van der Waals surface area contributed by atoms with Crippen LogP contribution in [0, 0.1) is 5.92 Å². The molecule has 0 radical (unpaired) electrons. The molecular formula is C14H17Cl3O3S. The first-order valence-electron chi connectivity index (χ1n) is 6.91. The molecule has 0 spiro atoms. The van der Waals surface area contributed by atoms with Crippen molar-refractivity contribution < 1.29 is 13.2 Å². The van der Waals surface area contributed by atoms with Gasteiger partial charge in [-0.3, -0.25) is 0 Å². The Morgan fingerprint density at radius 3 is 2.29 bits per heavy atom. The highest BCUT2D eigenvalue weighted by molar-refractivity contribution is 8.13. The van der Waals surface area contributed by atoms with Crippen molar-refractivity contribution in [1.82, 2.24) is 0 Å². The van der Waals surface area contributed by atoms with Crippen molar-refractivity contribution in [3.05, 3.63) is 22.2 Å². The Labute approximate surface area is 139 Å². The maximum Gasteiger partial charge on any atom is 0.262 e. The van der Waals surface area contributed by atoms with Gasteiger partial charge in [0, 0.05) is 16.7 Å². The minimum Gasteiger partial charge on any atom is -0.489 e. The number of hydrogen-bond donors (Lipinski definition) is 0. The van der Waals surface area contributed by atoms with E-state index < -0.39 is 9.05 Å². The normalized spacial score (nSPS) is 23.0. The Morgan fingerprint density at radius 2 is 1.76 bits per heavy atom. The van der Waals surface area contributed by atoms with Gasteiger partial charge in [0.2, 0.25) is 0 Å². The van der Waals surface area contributed by atoms with Crippen LogP contribution in [0.2, 0.25) is 10.0 Å². The van der Waals surface area contributed by atoms with E-state index in [0.717, 1.165) is 31.6 Å². The van der Waals surface area contributed by atoms with Crippen LogP contribution in [0.5, 0.6) is 5.75 Å². The molecular weight excluding hydrogens is 355 g/mol. The number of rotatable bonds is 4. The van der Waals surface area contributed by atoms with Crippen molar-refractivity contribution in [1.29, 1.82) is 0 Å². The number of halogens is 3. The molecule has 0 aromatic heterocycles. The average molecular weight is 372 g/mol. The minimum absolute atomic E-state index is 0.0200. The van der Waals surface area contributed by atoms with Crippen LogP contribution in [0.25, 0.3) is 0 Å². The molecule has 0 atom stereocenters. The molecule has 2 rings (SSSR count). The molecule has 1 aliphatic carbocycles. The van der Waals surface area contributed by atoms with Crippen LogP contribution in [-0.2, 0) is 9.05 Å². The highest BCUT2D eigenvalue weighted by Gasteiger charge is 2.23. The Kier molecular flexibility index (Phi) is 5.69. The molecule has 3 nitrogen and oxygen atoms in total. The minimum atomic E-state index is -3.92. The summed E-state index contributed by atoms with van der Waals surface area (Å²) in [5, 5.41) is 0.225. The molecule has 1 aromatic rings. The SMILES string of the molecule is CCC1CCC(Oc2cc(Cl)c(S(=O)(=O)Cl)cc2Cl)CC1. The number of benzene rings is 1. The van der Waals surface area contributed by atoms with Gasteiger partial charge in [-0.2, -0.15) is 0 Å². The Bertz CT molecular complexity index is 608. The summed E-state index contributed by atoms with van der Waals surface area (Å²) in [6.07, 6.45) is 5.52. The van der Waals surface area contributed by atoms with E-state index in [2.05, 4.69) is 6.92 Å². The van der Waals surface area contributed by atoms with Gasteiger partial charge in [0.25, 0.3) is 9.05 Å². The third-order valence-electron chi connectivity index (χ3n) is 3.91. The van der Waals surface area contributed by atoms with Gasteiger partial charge in [0.05, 0.1) is 16.1 Å². The molecule has 0 heterocycles. The summed E-state index contributed by atoms with van der Waals surface area (Å²) in [6.45, 7) is 2.20. The Hall–Kier alpha value is -0.160. The zero-order valence-electron chi connectivity index (χ0n) is 11.6. The van der Waals surface area contributed by atoms with Gasteiger partial charge in [-0.25, -0.2) is 8.42 Å². The van der Waals surface area contributed by atoms with Crippen molar-refractivity contribution in [3.8, 4) is 5.75 Å². The lowest BCUT2D eigenvalue weighted by Crippen LogP contribution is -2.24. The van der Waals surface area contributed by atoms with Crippen LogP contribution in [0.1, 0.15) is 39.0 Å². The molecule has 118 valence electrons. The van der Waals surface area contributed by atoms with Crippen molar-refractivity contribution >= 4 is 42.9 Å². The maximum absolute atomic E-state index is 11.4. The van der Waals surface area contributed by atoms with E-state index in [-0.39, 0.29) is 21.0 Å². The topological polar surface area (TPSA) is 43.4 Å². The highest BCUT2D eigenvalue weighted by atomic mass is 35.7. The fourth-order valence-electron chi connectivity index (χ4n) is 2.63. The summed E-state index contributed by atoms with van der Waals surface area (Å²) in [4.78, 5) is -0.196. The molecule has 1 aliphatic rings. The highest BCUT2D eigenvalue weighted by Crippen LogP contribution is 2.37. The molecule has 0 aliphatic heterocycles. The molecule has 1 saturated carbocycles. The fourth-order valence-corrected chi connectivity index (χ4v) is 4.41. The maximum atomic E-state index is 11.4. The molecule has 0 N–H and O–H groups in total. The molecule has 1 fully saturated rings. The van der Waals surface area contributed by atoms with Crippen molar-refractivity contribution in [2.45, 2.75) is 50.0 Å². The number of ether oxygens (including phenoxy) is 1. The van der Waals surface area contributed by atoms with E-state index >= 15 is 0 Å². The van der Waals surface area contributed by atoms with E-state index in [0.29, 0.717) is 5.75 Å². The fraction of sp³-hybridized carbons (Fsp3) is 0.571. The van der Waals surface area contributed by atoms with Gasteiger partial charge < -0.3 is 4.74 Å². The lowest BCUT2D eigenvalue weighted by atomic mass is 9.86. The summed E-state index contributed by atoms with van der Waals surface area (Å²) in [7, 11) is 1.38. The second kappa shape index (κ2) is 6.95. The molecule has 0 bridgehead atoms. The van der Waals surface area contributed by atoms with E-state index in [9.17, 15) is 8.42 Å². The Balaban J connectivity index is 2.13. The van der Waals surface area contributed by atoms with Gasteiger partial charge in [0.15, 0.2) is 0 Å². The van der Waals surface area contributed by atoms with E-state index in [4.69, 9.17) is 38.6 Å². The van der Waals surface area contributed by atoms with Crippen LogP contribution >= 0.6 is 33.9 Å². The van der Waals surface area contributed by atoms with Crippen molar-refractivity contribution in [2.75, 3.05) is 0 Å². The third-order valence-corrected chi connectivity index (χ3v) is 6.00. The lowest BCUT2D eigenvalue weighted by molar-refractivity contribution is 0.130. The lowest BCUT2D eigenvalue weighted by Gasteiger charge is -2.28. The average Bonchev–Trinajstić information content (AvgIpc) is 2.42. The summed E-state index contributed by atoms with van der Waals surface area (Å²) in [6, 6.07) is 2.66. The number of hydrogen-bond acceptors (Lipinski definition) is 3. The standard InChI is InChI=1S/C14H17Cl3O3S/c1-2-9-3-5-10(6-4-9)20-13-7-12(16)14(8-11(13)15)21(17,18)19/h7-10H,2-6H2,1H3. The van der Waals surface area contributed by atoms with Gasteiger partial charge in [-0.1, -0.05) is 36.5 Å². The van der Waals surface area contributed by atoms with E-state index in [1.165, 1.54) is 18.6 Å². The second-order valence-corrected chi connectivity index (χ2v) is 8.67. The van der Waals surface area contributed by atoms with E-state index in [1.54, 1.807) is 0 Å². The zero-order chi connectivity index (χ0) is 15.6. The smallest absolute Gasteiger partial charge is 0.262 e. The molecule has 1 aromatic carbocycles. The summed E-state index contributed by atoms with van der Waals surface area (Å²) < 4.78 is 28.6. The second-order valence-electron chi connectivity index (χ2n) is 5.32. The summed E-state index contributed by atoms with van der Waals surface area (Å²) >= 11 is 12.0. The first kappa shape index (κ1) is 17.2. The largest absolute Gasteiger partial charge is 0.489 e. The summed E-state index contributed by atoms with van der Waals surface area (Å²) in [5.41, 5.74) is 0. The Morgan fingerprint density at radius 1 is 1.14 bits per heavy atom. The quantitative estimate of drug-likeness (QED) is 0.677. The van der Waals surface area contributed by atoms with Crippen molar-refractivity contribution in [3.63, 3.8) is 0 Å². The molecule has 7 heteroatoms. The molecule has 0 saturated heterocycles. The predicted molar refractivity (Wildman–Crippen MR) is 86.2 cm³/mol. The van der Waals surface area contributed by atoms with Gasteiger partial charge in [0.1, 0.15) is 10.6 Å². The molecule has 0 unspecified atom stereocenters. The molecule has 21 heavy (non-hydrogen) atoms. The zero-order valence-corrected chi connectivity index (χ0v) is 14.7.